The van der Waals surface area contributed by atoms with Crippen molar-refractivity contribution in [2.24, 2.45) is 5.10 Å². The van der Waals surface area contributed by atoms with Crippen LogP contribution in [0.25, 0.3) is 5.52 Å². The standard InChI is InChI=1S/C19H14FN5OS2/c1-11-14(10-21-25-18(27)22-23-19(25)28)15-4-2-3-9-24(15)16(11)17(26)12-5-7-13(20)8-6-12/h2-10H,1H3,(H,22,27)(H,23,28)/b21-10-. The molecule has 3 heterocycles. The number of aromatic nitrogens is 4. The third-order valence-corrected chi connectivity index (χ3v) is 4.97. The first kappa shape index (κ1) is 18.2. The second kappa shape index (κ2) is 7.10. The third-order valence-electron chi connectivity index (χ3n) is 4.42. The Hall–Kier alpha value is -3.17. The maximum Gasteiger partial charge on any atom is 0.215 e. The van der Waals surface area contributed by atoms with E-state index in [1.54, 1.807) is 10.6 Å². The zero-order chi connectivity index (χ0) is 19.8. The zero-order valence-corrected chi connectivity index (χ0v) is 16.3. The fourth-order valence-corrected chi connectivity index (χ4v) is 3.50. The molecule has 140 valence electrons. The number of nitrogens with one attached hydrogen (secondary N) is 2. The van der Waals surface area contributed by atoms with Crippen LogP contribution in [0.2, 0.25) is 0 Å². The number of benzene rings is 1. The highest BCUT2D eigenvalue weighted by molar-refractivity contribution is 7.72. The monoisotopic (exact) mass is 411 g/mol. The van der Waals surface area contributed by atoms with E-state index in [-0.39, 0.29) is 11.6 Å². The lowest BCUT2D eigenvalue weighted by atomic mass is 10.0. The minimum absolute atomic E-state index is 0.200. The molecule has 0 aliphatic heterocycles. The molecule has 0 saturated heterocycles. The third kappa shape index (κ3) is 3.04. The van der Waals surface area contributed by atoms with Crippen LogP contribution in [0, 0.1) is 22.3 Å². The van der Waals surface area contributed by atoms with E-state index in [2.05, 4.69) is 15.3 Å². The lowest BCUT2D eigenvalue weighted by molar-refractivity contribution is 0.103. The van der Waals surface area contributed by atoms with Crippen molar-refractivity contribution in [3.05, 3.63) is 86.4 Å². The van der Waals surface area contributed by atoms with Crippen molar-refractivity contribution in [2.75, 3.05) is 0 Å². The SMILES string of the molecule is Cc1c(/C=N\n2c(=S)[nH][nH]c2=S)c2ccccn2c1C(=O)c1ccc(F)cc1. The van der Waals surface area contributed by atoms with Crippen molar-refractivity contribution in [1.82, 2.24) is 19.3 Å². The second-order valence-electron chi connectivity index (χ2n) is 6.10. The smallest absolute Gasteiger partial charge is 0.215 e. The molecule has 0 radical (unpaired) electrons. The highest BCUT2D eigenvalue weighted by atomic mass is 32.1. The molecule has 3 aromatic heterocycles. The molecule has 4 aromatic rings. The summed E-state index contributed by atoms with van der Waals surface area (Å²) in [6, 6.07) is 11.1. The number of carbonyl (C=O) groups is 1. The number of ketones is 1. The molecule has 0 fully saturated rings. The number of hydrogen-bond donors (Lipinski definition) is 2. The van der Waals surface area contributed by atoms with E-state index in [9.17, 15) is 9.18 Å². The van der Waals surface area contributed by atoms with Crippen LogP contribution in [0.1, 0.15) is 27.2 Å². The predicted octanol–water partition coefficient (Wildman–Crippen LogP) is 4.42. The number of nitrogens with zero attached hydrogens (tertiary/aromatic N) is 3. The van der Waals surface area contributed by atoms with Crippen molar-refractivity contribution >= 4 is 42.0 Å². The Morgan fingerprint density at radius 2 is 1.79 bits per heavy atom. The van der Waals surface area contributed by atoms with Gasteiger partial charge in [-0.15, -0.1) is 0 Å². The molecule has 4 rings (SSSR count). The first-order valence-electron chi connectivity index (χ1n) is 8.31. The van der Waals surface area contributed by atoms with Gasteiger partial charge in [0.05, 0.1) is 17.4 Å². The molecule has 0 unspecified atom stereocenters. The molecule has 2 N–H and O–H groups in total. The number of halogens is 1. The molecule has 0 amide bonds. The minimum Gasteiger partial charge on any atom is -0.313 e. The molecule has 6 nitrogen and oxygen atoms in total. The van der Waals surface area contributed by atoms with Gasteiger partial charge in [-0.05, 0) is 73.3 Å². The quantitative estimate of drug-likeness (QED) is 0.297. The maximum absolute atomic E-state index is 13.2. The van der Waals surface area contributed by atoms with Gasteiger partial charge >= 0.3 is 0 Å². The fourth-order valence-electron chi connectivity index (χ4n) is 3.06. The first-order valence-corrected chi connectivity index (χ1v) is 9.13. The summed E-state index contributed by atoms with van der Waals surface area (Å²) in [7, 11) is 0. The Kier molecular flexibility index (Phi) is 4.62. The van der Waals surface area contributed by atoms with Gasteiger partial charge in [0.15, 0.2) is 0 Å². The van der Waals surface area contributed by atoms with E-state index < -0.39 is 0 Å². The van der Waals surface area contributed by atoms with Crippen molar-refractivity contribution < 1.29 is 9.18 Å². The molecule has 1 aromatic carbocycles. The van der Waals surface area contributed by atoms with E-state index in [4.69, 9.17) is 24.4 Å². The van der Waals surface area contributed by atoms with E-state index in [0.29, 0.717) is 20.8 Å². The number of aromatic amines is 2. The topological polar surface area (TPSA) is 70.3 Å². The van der Waals surface area contributed by atoms with Gasteiger partial charge in [0.2, 0.25) is 15.3 Å². The highest BCUT2D eigenvalue weighted by Crippen LogP contribution is 2.24. The number of rotatable bonds is 4. The summed E-state index contributed by atoms with van der Waals surface area (Å²) in [6.45, 7) is 1.85. The van der Waals surface area contributed by atoms with Gasteiger partial charge in [-0.2, -0.15) is 9.78 Å². The summed E-state index contributed by atoms with van der Waals surface area (Å²) in [6.07, 6.45) is 3.43. The summed E-state index contributed by atoms with van der Waals surface area (Å²) in [5, 5.41) is 9.79. The van der Waals surface area contributed by atoms with Crippen LogP contribution in [0.15, 0.2) is 53.8 Å². The zero-order valence-electron chi connectivity index (χ0n) is 14.6. The Labute approximate surface area is 168 Å². The number of hydrogen-bond acceptors (Lipinski definition) is 4. The second-order valence-corrected chi connectivity index (χ2v) is 6.87. The lowest BCUT2D eigenvalue weighted by Gasteiger charge is -2.04. The largest absolute Gasteiger partial charge is 0.313 e. The molecule has 9 heteroatoms. The molecular formula is C19H14FN5OS2. The average Bonchev–Trinajstić information content (AvgIpc) is 3.16. The number of H-pyrrole nitrogens is 2. The summed E-state index contributed by atoms with van der Waals surface area (Å²) in [5.41, 5.74) is 3.23. The van der Waals surface area contributed by atoms with Crippen LogP contribution < -0.4 is 0 Å². The van der Waals surface area contributed by atoms with Gasteiger partial charge < -0.3 is 4.40 Å². The van der Waals surface area contributed by atoms with Gasteiger partial charge in [0, 0.05) is 17.3 Å². The molecule has 0 bridgehead atoms. The molecule has 0 aliphatic rings. The summed E-state index contributed by atoms with van der Waals surface area (Å²) in [4.78, 5) is 13.1. The van der Waals surface area contributed by atoms with Crippen LogP contribution >= 0.6 is 24.4 Å². The Morgan fingerprint density at radius 3 is 2.46 bits per heavy atom. The maximum atomic E-state index is 13.2. The predicted molar refractivity (Wildman–Crippen MR) is 110 cm³/mol. The summed E-state index contributed by atoms with van der Waals surface area (Å²) in [5.74, 6) is -0.588. The molecule has 0 atom stereocenters. The van der Waals surface area contributed by atoms with Gasteiger partial charge in [-0.1, -0.05) is 6.07 Å². The van der Waals surface area contributed by atoms with Crippen molar-refractivity contribution in [3.63, 3.8) is 0 Å². The number of carbonyl (C=O) groups excluding carboxylic acids is 1. The van der Waals surface area contributed by atoms with Gasteiger partial charge in [-0.3, -0.25) is 15.0 Å². The van der Waals surface area contributed by atoms with E-state index in [1.165, 1.54) is 28.9 Å². The highest BCUT2D eigenvalue weighted by Gasteiger charge is 2.20. The van der Waals surface area contributed by atoms with Crippen LogP contribution in [-0.4, -0.2) is 31.3 Å². The van der Waals surface area contributed by atoms with Crippen LogP contribution in [-0.2, 0) is 0 Å². The molecule has 0 spiro atoms. The molecule has 0 aliphatic carbocycles. The molecule has 0 saturated carbocycles. The Bertz CT molecular complexity index is 1310. The van der Waals surface area contributed by atoms with E-state index in [1.807, 2.05) is 31.3 Å². The summed E-state index contributed by atoms with van der Waals surface area (Å²) >= 11 is 10.3. The molecular weight excluding hydrogens is 397 g/mol. The normalized spacial score (nSPS) is 11.5. The van der Waals surface area contributed by atoms with Crippen molar-refractivity contribution in [2.45, 2.75) is 6.92 Å². The lowest BCUT2D eigenvalue weighted by Crippen LogP contribution is -2.07. The Morgan fingerprint density at radius 1 is 1.11 bits per heavy atom. The minimum atomic E-state index is -0.388. The first-order chi connectivity index (χ1) is 13.5. The van der Waals surface area contributed by atoms with Gasteiger partial charge in [-0.25, -0.2) is 4.39 Å². The van der Waals surface area contributed by atoms with Crippen molar-refractivity contribution in [1.29, 1.82) is 0 Å². The molecule has 28 heavy (non-hydrogen) atoms. The van der Waals surface area contributed by atoms with Gasteiger partial charge in [0.1, 0.15) is 5.82 Å². The van der Waals surface area contributed by atoms with E-state index >= 15 is 0 Å². The number of fused-ring (bicyclic) bond motifs is 1. The number of pyridine rings is 1. The Balaban J connectivity index is 1.89. The summed E-state index contributed by atoms with van der Waals surface area (Å²) < 4.78 is 17.1. The fraction of sp³-hybridized carbons (Fsp3) is 0.0526. The van der Waals surface area contributed by atoms with Gasteiger partial charge in [0.25, 0.3) is 0 Å². The van der Waals surface area contributed by atoms with Crippen LogP contribution in [0.3, 0.4) is 0 Å². The van der Waals surface area contributed by atoms with Crippen LogP contribution in [0.4, 0.5) is 4.39 Å². The van der Waals surface area contributed by atoms with Crippen LogP contribution in [0.5, 0.6) is 0 Å². The van der Waals surface area contributed by atoms with Crippen molar-refractivity contribution in [3.8, 4) is 0 Å². The average molecular weight is 411 g/mol. The van der Waals surface area contributed by atoms with E-state index in [0.717, 1.165) is 16.6 Å².